The van der Waals surface area contributed by atoms with Crippen LogP contribution in [-0.4, -0.2) is 35.3 Å². The number of thioether (sulfide) groups is 1. The molecule has 0 spiro atoms. The minimum Gasteiger partial charge on any atom is -0.497 e. The van der Waals surface area contributed by atoms with Crippen LogP contribution < -0.4 is 14.8 Å². The summed E-state index contributed by atoms with van der Waals surface area (Å²) in [7, 11) is 1.62. The van der Waals surface area contributed by atoms with Gasteiger partial charge in [0.05, 0.1) is 25.0 Å². The lowest BCUT2D eigenvalue weighted by atomic mass is 10.2. The molecule has 162 valence electrons. The number of carbonyl (C=O) groups is 1. The van der Waals surface area contributed by atoms with Crippen LogP contribution in [0.1, 0.15) is 6.92 Å². The maximum atomic E-state index is 12.6. The highest BCUT2D eigenvalue weighted by Crippen LogP contribution is 2.31. The summed E-state index contributed by atoms with van der Waals surface area (Å²) in [5.41, 5.74) is 2.44. The topological polar surface area (TPSA) is 73.3 Å². The number of carbonyl (C=O) groups excluding carboxylic acids is 1. The predicted molar refractivity (Wildman–Crippen MR) is 128 cm³/mol. The molecule has 7 heteroatoms. The fraction of sp³-hybridized carbons (Fsp3) is 0.160. The van der Waals surface area contributed by atoms with Gasteiger partial charge in [-0.15, -0.1) is 0 Å². The molecule has 1 amide bonds. The molecule has 0 saturated heterocycles. The van der Waals surface area contributed by atoms with Gasteiger partial charge in [-0.1, -0.05) is 42.1 Å². The molecule has 0 fully saturated rings. The summed E-state index contributed by atoms with van der Waals surface area (Å²) in [5.74, 6) is 2.21. The van der Waals surface area contributed by atoms with Gasteiger partial charge in [0.2, 0.25) is 5.91 Å². The molecule has 0 bridgehead atoms. The summed E-state index contributed by atoms with van der Waals surface area (Å²) in [5, 5.41) is 4.50. The Kier molecular flexibility index (Phi) is 6.87. The van der Waals surface area contributed by atoms with E-state index in [4.69, 9.17) is 19.4 Å². The molecule has 1 aromatic heterocycles. The Morgan fingerprint density at radius 2 is 1.72 bits per heavy atom. The van der Waals surface area contributed by atoms with Crippen LogP contribution in [0.15, 0.2) is 77.8 Å². The number of nitrogens with zero attached hydrogens (tertiary/aromatic N) is 2. The molecule has 0 atom stereocenters. The van der Waals surface area contributed by atoms with Gasteiger partial charge in [-0.05, 0) is 49.4 Å². The van der Waals surface area contributed by atoms with Gasteiger partial charge in [0.1, 0.15) is 16.5 Å². The number of nitrogens with one attached hydrogen (secondary N) is 1. The number of benzene rings is 3. The van der Waals surface area contributed by atoms with E-state index in [1.807, 2.05) is 79.7 Å². The molecule has 32 heavy (non-hydrogen) atoms. The normalized spacial score (nSPS) is 10.7. The van der Waals surface area contributed by atoms with Gasteiger partial charge < -0.3 is 14.8 Å². The summed E-state index contributed by atoms with van der Waals surface area (Å²) >= 11 is 1.37. The van der Waals surface area contributed by atoms with Crippen LogP contribution in [0.4, 0.5) is 5.69 Å². The van der Waals surface area contributed by atoms with Crippen LogP contribution in [-0.2, 0) is 4.79 Å². The summed E-state index contributed by atoms with van der Waals surface area (Å²) < 4.78 is 10.8. The number of methoxy groups -OCH3 is 1. The van der Waals surface area contributed by atoms with Crippen LogP contribution in [0.5, 0.6) is 11.5 Å². The molecule has 0 saturated carbocycles. The predicted octanol–water partition coefficient (Wildman–Crippen LogP) is 5.43. The van der Waals surface area contributed by atoms with Crippen LogP contribution in [0, 0.1) is 0 Å². The van der Waals surface area contributed by atoms with Crippen molar-refractivity contribution in [1.29, 1.82) is 0 Å². The first kappa shape index (κ1) is 21.6. The van der Waals surface area contributed by atoms with Crippen molar-refractivity contribution >= 4 is 34.3 Å². The lowest BCUT2D eigenvalue weighted by Crippen LogP contribution is -2.14. The highest BCUT2D eigenvalue weighted by Gasteiger charge is 2.13. The number of amides is 1. The van der Waals surface area contributed by atoms with E-state index in [1.54, 1.807) is 7.11 Å². The van der Waals surface area contributed by atoms with Gasteiger partial charge >= 0.3 is 0 Å². The second-order valence-corrected chi connectivity index (χ2v) is 7.86. The van der Waals surface area contributed by atoms with E-state index in [0.717, 1.165) is 32.9 Å². The van der Waals surface area contributed by atoms with E-state index in [-0.39, 0.29) is 11.7 Å². The van der Waals surface area contributed by atoms with Crippen molar-refractivity contribution in [2.24, 2.45) is 0 Å². The zero-order chi connectivity index (χ0) is 22.3. The summed E-state index contributed by atoms with van der Waals surface area (Å²) in [6, 6.07) is 22.8. The van der Waals surface area contributed by atoms with Gasteiger partial charge in [-0.25, -0.2) is 9.97 Å². The molecule has 3 aromatic carbocycles. The smallest absolute Gasteiger partial charge is 0.234 e. The molecule has 0 radical (unpaired) electrons. The zero-order valence-corrected chi connectivity index (χ0v) is 18.7. The Balaban J connectivity index is 1.55. The standard InChI is InChI=1S/C25H23N3O3S/c1-3-31-19-11-9-18(10-12-19)26-23(29)16-32-25-21-15-20(30-2)13-14-22(21)27-24(28-25)17-7-5-4-6-8-17/h4-15H,3,16H2,1-2H3,(H,26,29). The lowest BCUT2D eigenvalue weighted by molar-refractivity contribution is -0.113. The third-order valence-corrected chi connectivity index (χ3v) is 5.68. The van der Waals surface area contributed by atoms with E-state index < -0.39 is 0 Å². The Bertz CT molecular complexity index is 1210. The quantitative estimate of drug-likeness (QED) is 0.288. The van der Waals surface area contributed by atoms with Gasteiger partial charge in [0.15, 0.2) is 5.82 Å². The fourth-order valence-electron chi connectivity index (χ4n) is 3.16. The number of hydrogen-bond acceptors (Lipinski definition) is 6. The van der Waals surface area contributed by atoms with Crippen LogP contribution in [0.25, 0.3) is 22.3 Å². The second-order valence-electron chi connectivity index (χ2n) is 6.90. The SMILES string of the molecule is CCOc1ccc(NC(=O)CSc2nc(-c3ccccc3)nc3ccc(OC)cc23)cc1. The third-order valence-electron chi connectivity index (χ3n) is 4.69. The Morgan fingerprint density at radius 1 is 0.969 bits per heavy atom. The molecular weight excluding hydrogens is 422 g/mol. The van der Waals surface area contributed by atoms with Gasteiger partial charge in [0.25, 0.3) is 0 Å². The van der Waals surface area contributed by atoms with E-state index in [1.165, 1.54) is 11.8 Å². The van der Waals surface area contributed by atoms with Crippen molar-refractivity contribution in [3.8, 4) is 22.9 Å². The Labute approximate surface area is 191 Å². The van der Waals surface area contributed by atoms with E-state index >= 15 is 0 Å². The fourth-order valence-corrected chi connectivity index (χ4v) is 3.97. The number of anilines is 1. The summed E-state index contributed by atoms with van der Waals surface area (Å²) in [6.45, 7) is 2.54. The van der Waals surface area contributed by atoms with Crippen LogP contribution >= 0.6 is 11.8 Å². The molecule has 6 nitrogen and oxygen atoms in total. The van der Waals surface area contributed by atoms with Crippen molar-refractivity contribution in [1.82, 2.24) is 9.97 Å². The molecule has 4 aromatic rings. The van der Waals surface area contributed by atoms with E-state index in [2.05, 4.69) is 5.32 Å². The van der Waals surface area contributed by atoms with Gasteiger partial charge in [-0.2, -0.15) is 0 Å². The molecule has 0 unspecified atom stereocenters. The van der Waals surface area contributed by atoms with Crippen LogP contribution in [0.3, 0.4) is 0 Å². The number of aromatic nitrogens is 2. The minimum atomic E-state index is -0.116. The van der Waals surface area contributed by atoms with Gasteiger partial charge in [0, 0.05) is 16.6 Å². The molecule has 1 heterocycles. The molecule has 0 aliphatic rings. The molecule has 1 N–H and O–H groups in total. The molecule has 0 aliphatic carbocycles. The average molecular weight is 446 g/mol. The first-order valence-corrected chi connectivity index (χ1v) is 11.2. The largest absolute Gasteiger partial charge is 0.497 e. The molecular formula is C25H23N3O3S. The van der Waals surface area contributed by atoms with Crippen molar-refractivity contribution in [3.63, 3.8) is 0 Å². The Morgan fingerprint density at radius 3 is 2.44 bits per heavy atom. The highest BCUT2D eigenvalue weighted by molar-refractivity contribution is 8.00. The molecule has 0 aliphatic heterocycles. The summed E-state index contributed by atoms with van der Waals surface area (Å²) in [6.07, 6.45) is 0. The average Bonchev–Trinajstić information content (AvgIpc) is 2.84. The van der Waals surface area contributed by atoms with Crippen molar-refractivity contribution < 1.29 is 14.3 Å². The second kappa shape index (κ2) is 10.2. The van der Waals surface area contributed by atoms with Crippen molar-refractivity contribution in [3.05, 3.63) is 72.8 Å². The number of ether oxygens (including phenoxy) is 2. The van der Waals surface area contributed by atoms with Crippen molar-refractivity contribution in [2.75, 3.05) is 24.8 Å². The highest BCUT2D eigenvalue weighted by atomic mass is 32.2. The first-order chi connectivity index (χ1) is 15.7. The van der Waals surface area contributed by atoms with E-state index in [9.17, 15) is 4.79 Å². The minimum absolute atomic E-state index is 0.116. The number of rotatable bonds is 8. The maximum absolute atomic E-state index is 12.6. The molecule has 4 rings (SSSR count). The van der Waals surface area contributed by atoms with E-state index in [0.29, 0.717) is 18.2 Å². The lowest BCUT2D eigenvalue weighted by Gasteiger charge is -2.10. The first-order valence-electron chi connectivity index (χ1n) is 10.2. The third kappa shape index (κ3) is 5.18. The summed E-state index contributed by atoms with van der Waals surface area (Å²) in [4.78, 5) is 22.0. The Hall–Kier alpha value is -3.58. The number of hydrogen-bond donors (Lipinski definition) is 1. The zero-order valence-electron chi connectivity index (χ0n) is 17.9. The van der Waals surface area contributed by atoms with Gasteiger partial charge in [-0.3, -0.25) is 4.79 Å². The maximum Gasteiger partial charge on any atom is 0.234 e. The van der Waals surface area contributed by atoms with Crippen molar-refractivity contribution in [2.45, 2.75) is 11.9 Å². The van der Waals surface area contributed by atoms with Crippen LogP contribution in [0.2, 0.25) is 0 Å². The number of fused-ring (bicyclic) bond motifs is 1. The monoisotopic (exact) mass is 445 g/mol.